The molecule has 0 aliphatic heterocycles. The van der Waals surface area contributed by atoms with Gasteiger partial charge in [-0.1, -0.05) is 0 Å². The zero-order valence-corrected chi connectivity index (χ0v) is 7.34. The van der Waals surface area contributed by atoms with Crippen molar-refractivity contribution in [3.8, 4) is 0 Å². The van der Waals surface area contributed by atoms with Crippen LogP contribution in [0.1, 0.15) is 0 Å². The minimum Gasteiger partial charge on any atom is -0.340 e. The van der Waals surface area contributed by atoms with Gasteiger partial charge in [0.2, 0.25) is 0 Å². The lowest BCUT2D eigenvalue weighted by atomic mass is 11.0. The van der Waals surface area contributed by atoms with Crippen molar-refractivity contribution in [2.45, 2.75) is 0 Å². The molecule has 0 radical (unpaired) electrons. The van der Waals surface area contributed by atoms with E-state index in [4.69, 9.17) is 0 Å². The first-order valence-corrected chi connectivity index (χ1v) is 3.43. The lowest BCUT2D eigenvalue weighted by Crippen LogP contribution is -2.42. The second kappa shape index (κ2) is 6.70. The smallest absolute Gasteiger partial charge is 0.334 e. The summed E-state index contributed by atoms with van der Waals surface area (Å²) in [5, 5.41) is 7.99. The van der Waals surface area contributed by atoms with Gasteiger partial charge >= 0.3 is 12.1 Å². The summed E-state index contributed by atoms with van der Waals surface area (Å²) in [4.78, 5) is 21.0. The maximum atomic E-state index is 10.5. The number of hydrazine groups is 1. The van der Waals surface area contributed by atoms with Gasteiger partial charge in [-0.2, -0.15) is 5.10 Å². The second-order valence-corrected chi connectivity index (χ2v) is 1.80. The molecule has 74 valence electrons. The topological polar surface area (TPSA) is 107 Å². The van der Waals surface area contributed by atoms with Gasteiger partial charge in [0.1, 0.15) is 6.34 Å². The van der Waals surface area contributed by atoms with Crippen molar-refractivity contribution in [2.75, 3.05) is 14.1 Å². The van der Waals surface area contributed by atoms with Crippen LogP contribution in [0, 0.1) is 0 Å². The van der Waals surface area contributed by atoms with Gasteiger partial charge in [-0.05, 0) is 0 Å². The molecule has 13 heavy (non-hydrogen) atoms. The highest BCUT2D eigenvalue weighted by Gasteiger charge is 1.90. The van der Waals surface area contributed by atoms with Gasteiger partial charge in [0.15, 0.2) is 0 Å². The highest BCUT2D eigenvalue weighted by Crippen LogP contribution is 1.58. The Hall–Kier alpha value is -1.99. The summed E-state index contributed by atoms with van der Waals surface area (Å²) < 4.78 is 0. The normalized spacial score (nSPS) is 9.08. The molecule has 0 spiro atoms. The molecule has 0 rings (SSSR count). The molecule has 0 aliphatic rings. The summed E-state index contributed by atoms with van der Waals surface area (Å²) >= 11 is 0. The predicted molar refractivity (Wildman–Crippen MR) is 46.8 cm³/mol. The molecule has 0 bridgehead atoms. The van der Waals surface area contributed by atoms with Crippen LogP contribution in [0.2, 0.25) is 0 Å². The highest BCUT2D eigenvalue weighted by molar-refractivity contribution is 5.76. The fraction of sp³-hybridized carbons (Fsp3) is 0.400. The lowest BCUT2D eigenvalue weighted by molar-refractivity contribution is 0.241. The van der Waals surface area contributed by atoms with E-state index in [0.29, 0.717) is 0 Å². The van der Waals surface area contributed by atoms with Gasteiger partial charge in [0.05, 0.1) is 0 Å². The number of rotatable bonds is 3. The van der Waals surface area contributed by atoms with Gasteiger partial charge in [0, 0.05) is 14.1 Å². The first-order chi connectivity index (χ1) is 6.20. The van der Waals surface area contributed by atoms with Crippen molar-refractivity contribution >= 4 is 18.4 Å². The van der Waals surface area contributed by atoms with Gasteiger partial charge in [-0.3, -0.25) is 10.9 Å². The fourth-order valence-electron chi connectivity index (χ4n) is 0.339. The third-order valence-electron chi connectivity index (χ3n) is 0.935. The van der Waals surface area contributed by atoms with E-state index in [-0.39, 0.29) is 0 Å². The zero-order chi connectivity index (χ0) is 10.1. The minimum absolute atomic E-state index is 0.411. The van der Waals surface area contributed by atoms with Crippen LogP contribution in [0.3, 0.4) is 0 Å². The summed E-state index contributed by atoms with van der Waals surface area (Å²) in [6, 6.07) is -0.857. The molecule has 0 aromatic heterocycles. The quantitative estimate of drug-likeness (QED) is 0.207. The molecule has 0 saturated heterocycles. The number of hydrazone groups is 1. The molecule has 0 fully saturated rings. The van der Waals surface area contributed by atoms with Crippen LogP contribution >= 0.6 is 0 Å². The van der Waals surface area contributed by atoms with Crippen molar-refractivity contribution in [3.63, 3.8) is 0 Å². The third-order valence-corrected chi connectivity index (χ3v) is 0.935. The Bertz CT molecular complexity index is 203. The van der Waals surface area contributed by atoms with E-state index >= 15 is 0 Å². The first kappa shape index (κ1) is 11.0. The van der Waals surface area contributed by atoms with E-state index in [1.807, 2.05) is 0 Å². The van der Waals surface area contributed by atoms with Gasteiger partial charge < -0.3 is 10.6 Å². The zero-order valence-electron chi connectivity index (χ0n) is 7.34. The monoisotopic (exact) mass is 188 g/mol. The average molecular weight is 188 g/mol. The van der Waals surface area contributed by atoms with Crippen LogP contribution in [-0.2, 0) is 0 Å². The molecular formula is C5H12N6O2. The van der Waals surface area contributed by atoms with E-state index in [9.17, 15) is 9.59 Å². The van der Waals surface area contributed by atoms with E-state index in [0.717, 1.165) is 6.34 Å². The van der Waals surface area contributed by atoms with Crippen LogP contribution in [0.4, 0.5) is 9.59 Å². The van der Waals surface area contributed by atoms with E-state index in [2.05, 4.69) is 32.0 Å². The Morgan fingerprint density at radius 3 is 2.31 bits per heavy atom. The molecule has 4 amide bonds. The molecule has 0 aromatic rings. The second-order valence-electron chi connectivity index (χ2n) is 1.80. The number of hydrogen-bond donors (Lipinski definition) is 5. The number of nitrogens with zero attached hydrogens (tertiary/aromatic N) is 1. The average Bonchev–Trinajstić information content (AvgIpc) is 2.16. The summed E-state index contributed by atoms with van der Waals surface area (Å²) in [6.45, 7) is 0. The maximum absolute atomic E-state index is 10.5. The van der Waals surface area contributed by atoms with Crippen molar-refractivity contribution in [3.05, 3.63) is 0 Å². The van der Waals surface area contributed by atoms with Gasteiger partial charge in [-0.15, -0.1) is 0 Å². The molecule has 8 nitrogen and oxygen atoms in total. The number of nitrogens with one attached hydrogen (secondary N) is 5. The number of carbonyl (C=O) groups excluding carboxylic acids is 2. The summed E-state index contributed by atoms with van der Waals surface area (Å²) in [5.74, 6) is 0. The molecule has 0 atom stereocenters. The van der Waals surface area contributed by atoms with E-state index in [1.54, 1.807) is 0 Å². The number of carbonyl (C=O) groups is 2. The molecule has 0 aromatic carbocycles. The largest absolute Gasteiger partial charge is 0.340 e. The van der Waals surface area contributed by atoms with Crippen molar-refractivity contribution in [2.24, 2.45) is 5.10 Å². The Kier molecular flexibility index (Phi) is 5.68. The van der Waals surface area contributed by atoms with E-state index < -0.39 is 12.1 Å². The van der Waals surface area contributed by atoms with Crippen LogP contribution < -0.4 is 26.9 Å². The Morgan fingerprint density at radius 1 is 1.15 bits per heavy atom. The van der Waals surface area contributed by atoms with Gasteiger partial charge in [0.25, 0.3) is 0 Å². The Labute approximate surface area is 75.1 Å². The molecule has 0 aliphatic carbocycles. The Balaban J connectivity index is 3.42. The number of hydrogen-bond acceptors (Lipinski definition) is 3. The predicted octanol–water partition coefficient (Wildman–Crippen LogP) is -1.71. The third kappa shape index (κ3) is 6.41. The molecular weight excluding hydrogens is 176 g/mol. The van der Waals surface area contributed by atoms with Crippen molar-refractivity contribution < 1.29 is 9.59 Å². The minimum atomic E-state index is -0.446. The number of amides is 4. The Morgan fingerprint density at radius 2 is 1.77 bits per heavy atom. The summed E-state index contributed by atoms with van der Waals surface area (Å²) in [5.41, 5.74) is 6.63. The van der Waals surface area contributed by atoms with Crippen molar-refractivity contribution in [1.82, 2.24) is 26.9 Å². The van der Waals surface area contributed by atoms with E-state index in [1.165, 1.54) is 14.1 Å². The van der Waals surface area contributed by atoms with Crippen molar-refractivity contribution in [1.29, 1.82) is 0 Å². The molecule has 5 N–H and O–H groups in total. The molecule has 0 heterocycles. The number of urea groups is 2. The lowest BCUT2D eigenvalue weighted by Gasteiger charge is -2.01. The summed E-state index contributed by atoms with van der Waals surface area (Å²) in [7, 11) is 2.93. The fourth-order valence-corrected chi connectivity index (χ4v) is 0.339. The van der Waals surface area contributed by atoms with Crippen LogP contribution in [0.25, 0.3) is 0 Å². The summed E-state index contributed by atoms with van der Waals surface area (Å²) in [6.07, 6.45) is 1.12. The first-order valence-electron chi connectivity index (χ1n) is 3.43. The molecule has 8 heteroatoms. The van der Waals surface area contributed by atoms with Crippen LogP contribution in [0.15, 0.2) is 5.10 Å². The van der Waals surface area contributed by atoms with Gasteiger partial charge in [-0.25, -0.2) is 15.0 Å². The molecule has 0 unspecified atom stereocenters. The maximum Gasteiger partial charge on any atom is 0.334 e. The van der Waals surface area contributed by atoms with Crippen LogP contribution in [-0.4, -0.2) is 32.5 Å². The SMILES string of the molecule is CNC(=O)N/N=C/NNC(=O)NC. The molecule has 0 saturated carbocycles. The highest BCUT2D eigenvalue weighted by atomic mass is 16.2. The standard InChI is InChI=1S/C5H12N6O2/c1-6-4(12)10-8-3-9-11-5(13)7-2/h3H,1-2H3,(H,8,9)(H2,6,10,12)(H2,7,11,13). The van der Waals surface area contributed by atoms with Crippen LogP contribution in [0.5, 0.6) is 0 Å².